The second-order valence-electron chi connectivity index (χ2n) is 4.82. The molecule has 122 valence electrons. The predicted octanol–water partition coefficient (Wildman–Crippen LogP) is 4.21. The van der Waals surface area contributed by atoms with Gasteiger partial charge in [0.05, 0.1) is 26.2 Å². The van der Waals surface area contributed by atoms with Gasteiger partial charge in [-0.2, -0.15) is 13.2 Å². The van der Waals surface area contributed by atoms with Gasteiger partial charge in [0, 0.05) is 12.8 Å². The highest BCUT2D eigenvalue weighted by atomic mass is 19.4. The van der Waals surface area contributed by atoms with E-state index < -0.39 is 19.0 Å². The summed E-state index contributed by atoms with van der Waals surface area (Å²) in [5.41, 5.74) is 0. The van der Waals surface area contributed by atoms with Crippen molar-refractivity contribution < 1.29 is 39.4 Å². The van der Waals surface area contributed by atoms with Gasteiger partial charge in [-0.15, -0.1) is 0 Å². The minimum absolute atomic E-state index is 1.34. The second kappa shape index (κ2) is 6.49. The number of quaternary nitrogens is 1. The third-order valence-corrected chi connectivity index (χ3v) is 3.65. The molecule has 0 N–H and O–H groups in total. The van der Waals surface area contributed by atoms with Gasteiger partial charge in [0.2, 0.25) is 0 Å². The van der Waals surface area contributed by atoms with E-state index in [-0.39, 0.29) is 0 Å². The number of rotatable bonds is 3. The van der Waals surface area contributed by atoms with Crippen LogP contribution in [0.25, 0.3) is 0 Å². The molecule has 0 bridgehead atoms. The molecule has 0 radical (unpaired) electrons. The number of likely N-dealkylation sites (tertiary alicyclic amines) is 1. The summed E-state index contributed by atoms with van der Waals surface area (Å²) < 4.78 is 89.2. The van der Waals surface area contributed by atoms with E-state index in [0.717, 1.165) is 0 Å². The number of alkyl halides is 5. The van der Waals surface area contributed by atoms with Gasteiger partial charge in [-0.05, 0) is 13.8 Å². The van der Waals surface area contributed by atoms with Crippen molar-refractivity contribution in [3.63, 3.8) is 0 Å². The van der Waals surface area contributed by atoms with E-state index in [0.29, 0.717) is 0 Å². The predicted molar refractivity (Wildman–Crippen MR) is 60.4 cm³/mol. The molecule has 20 heavy (non-hydrogen) atoms. The van der Waals surface area contributed by atoms with E-state index in [1.54, 1.807) is 0 Å². The van der Waals surface area contributed by atoms with Gasteiger partial charge in [-0.25, -0.2) is 8.78 Å². The van der Waals surface area contributed by atoms with Crippen molar-refractivity contribution in [2.24, 2.45) is 0 Å². The zero-order valence-electron chi connectivity index (χ0n) is 11.3. The SMILES string of the molecule is CC[N+]1(CC)CCCC1.F[B-](F)(F)C(F)(F)C(F)(F)F. The number of hydrogen-bond donors (Lipinski definition) is 0. The third-order valence-electron chi connectivity index (χ3n) is 3.65. The molecule has 0 aliphatic carbocycles. The Morgan fingerprint density at radius 3 is 1.30 bits per heavy atom. The van der Waals surface area contributed by atoms with Crippen LogP contribution < -0.4 is 0 Å². The minimum atomic E-state index is -7.21. The van der Waals surface area contributed by atoms with Crippen molar-refractivity contribution in [1.82, 2.24) is 0 Å². The Balaban J connectivity index is 0.000000367. The van der Waals surface area contributed by atoms with Crippen molar-refractivity contribution in [3.8, 4) is 0 Å². The van der Waals surface area contributed by atoms with Gasteiger partial charge in [0.15, 0.2) is 0 Å². The standard InChI is InChI=1S/C8H18N.C2BF8/c1-3-9(4-2)7-5-6-8-9;4-1(5,2(6,7)8)3(9,10)11/h3-8H2,1-2H3;/q+1;-1. The third kappa shape index (κ3) is 4.49. The lowest BCUT2D eigenvalue weighted by Gasteiger charge is -2.31. The van der Waals surface area contributed by atoms with Crippen molar-refractivity contribution in [2.75, 3.05) is 26.2 Å². The molecule has 0 saturated carbocycles. The fourth-order valence-electron chi connectivity index (χ4n) is 2.05. The molecule has 1 aliphatic heterocycles. The molecule has 0 atom stereocenters. The first-order chi connectivity index (χ1) is 8.83. The van der Waals surface area contributed by atoms with Crippen LogP contribution in [0.1, 0.15) is 26.7 Å². The smallest absolute Gasteiger partial charge is 0.445 e. The van der Waals surface area contributed by atoms with Crippen LogP contribution >= 0.6 is 0 Å². The van der Waals surface area contributed by atoms with Gasteiger partial charge >= 0.3 is 19.0 Å². The fourth-order valence-corrected chi connectivity index (χ4v) is 2.05. The van der Waals surface area contributed by atoms with Crippen LogP contribution in [0, 0.1) is 0 Å². The van der Waals surface area contributed by atoms with Crippen LogP contribution in [0.2, 0.25) is 0 Å². The highest BCUT2D eigenvalue weighted by Crippen LogP contribution is 2.43. The van der Waals surface area contributed by atoms with Gasteiger partial charge in [0.1, 0.15) is 0 Å². The summed E-state index contributed by atoms with van der Waals surface area (Å²) in [6, 6.07) is 0. The van der Waals surface area contributed by atoms with E-state index in [1.807, 2.05) is 0 Å². The van der Waals surface area contributed by atoms with E-state index in [9.17, 15) is 34.9 Å². The largest absolute Gasteiger partial charge is 0.558 e. The molecule has 10 heteroatoms. The normalized spacial score (nSPS) is 19.5. The molecule has 1 rings (SSSR count). The Morgan fingerprint density at radius 1 is 0.850 bits per heavy atom. The first-order valence-electron chi connectivity index (χ1n) is 6.32. The summed E-state index contributed by atoms with van der Waals surface area (Å²) in [6.45, 7) is 2.98. The topological polar surface area (TPSA) is 0 Å². The van der Waals surface area contributed by atoms with Crippen LogP contribution in [0.5, 0.6) is 0 Å². The molecular weight excluding hydrogens is 297 g/mol. The molecule has 0 aromatic rings. The molecule has 0 aromatic carbocycles. The van der Waals surface area contributed by atoms with Crippen molar-refractivity contribution in [2.45, 2.75) is 38.7 Å². The Hall–Kier alpha value is -0.535. The summed E-state index contributed by atoms with van der Waals surface area (Å²) >= 11 is 0. The number of halogens is 8. The number of hydrogen-bond acceptors (Lipinski definition) is 0. The molecule has 0 spiro atoms. The lowest BCUT2D eigenvalue weighted by atomic mass is 9.80. The zero-order valence-corrected chi connectivity index (χ0v) is 11.3. The quantitative estimate of drug-likeness (QED) is 0.416. The monoisotopic (exact) mass is 315 g/mol. The van der Waals surface area contributed by atoms with Gasteiger partial charge < -0.3 is 17.4 Å². The van der Waals surface area contributed by atoms with E-state index in [2.05, 4.69) is 13.8 Å². The highest BCUT2D eigenvalue weighted by Gasteiger charge is 2.69. The van der Waals surface area contributed by atoms with Crippen LogP contribution in [0.4, 0.5) is 34.9 Å². The van der Waals surface area contributed by atoms with E-state index >= 15 is 0 Å². The maximum Gasteiger partial charge on any atom is 0.558 e. The first-order valence-corrected chi connectivity index (χ1v) is 6.32. The lowest BCUT2D eigenvalue weighted by Crippen LogP contribution is -2.53. The van der Waals surface area contributed by atoms with Crippen LogP contribution in [0.3, 0.4) is 0 Å². The second-order valence-corrected chi connectivity index (χ2v) is 4.82. The van der Waals surface area contributed by atoms with Gasteiger partial charge in [-0.3, -0.25) is 0 Å². The zero-order chi connectivity index (χ0) is 16.2. The summed E-state index contributed by atoms with van der Waals surface area (Å²) in [5, 5.41) is 0. The van der Waals surface area contributed by atoms with Crippen LogP contribution in [-0.2, 0) is 0 Å². The van der Waals surface area contributed by atoms with Crippen molar-refractivity contribution >= 4 is 6.98 Å². The minimum Gasteiger partial charge on any atom is -0.445 e. The van der Waals surface area contributed by atoms with Crippen molar-refractivity contribution in [1.29, 1.82) is 0 Å². The van der Waals surface area contributed by atoms with Crippen LogP contribution in [-0.4, -0.2) is 49.6 Å². The Kier molecular flexibility index (Phi) is 6.31. The molecular formula is C10H18BF8N. The Labute approximate surface area is 112 Å². The molecule has 0 amide bonds. The maximum absolute atomic E-state index is 11.2. The summed E-state index contributed by atoms with van der Waals surface area (Å²) in [7, 11) is 0. The molecule has 1 aliphatic rings. The Bertz CT molecular complexity index is 271. The van der Waals surface area contributed by atoms with Crippen LogP contribution in [0.15, 0.2) is 0 Å². The summed E-state index contributed by atoms with van der Waals surface area (Å²) in [4.78, 5) is 0. The molecule has 0 unspecified atom stereocenters. The molecule has 1 fully saturated rings. The lowest BCUT2D eigenvalue weighted by molar-refractivity contribution is -0.913. The van der Waals surface area contributed by atoms with Gasteiger partial charge in [-0.1, -0.05) is 0 Å². The van der Waals surface area contributed by atoms with E-state index in [1.165, 1.54) is 43.5 Å². The van der Waals surface area contributed by atoms with Crippen molar-refractivity contribution in [3.05, 3.63) is 0 Å². The summed E-state index contributed by atoms with van der Waals surface area (Å²) in [5.74, 6) is -6.56. The Morgan fingerprint density at radius 2 is 1.20 bits per heavy atom. The molecule has 1 saturated heterocycles. The van der Waals surface area contributed by atoms with Gasteiger partial charge in [0.25, 0.3) is 0 Å². The first kappa shape index (κ1) is 19.5. The average Bonchev–Trinajstić information content (AvgIpc) is 2.76. The average molecular weight is 315 g/mol. The van der Waals surface area contributed by atoms with E-state index in [4.69, 9.17) is 0 Å². The molecule has 1 nitrogen and oxygen atoms in total. The fraction of sp³-hybridized carbons (Fsp3) is 1.00. The maximum atomic E-state index is 11.2. The highest BCUT2D eigenvalue weighted by molar-refractivity contribution is 6.61. The number of nitrogens with zero attached hydrogens (tertiary/aromatic N) is 1. The molecule has 1 heterocycles. The summed E-state index contributed by atoms with van der Waals surface area (Å²) in [6.07, 6.45) is -3.63. The molecule has 0 aromatic heterocycles.